The number of carbonyl (C=O) groups excluding carboxylic acids is 2. The molecule has 2 heterocycles. The lowest BCUT2D eigenvalue weighted by molar-refractivity contribution is -0.125. The van der Waals surface area contributed by atoms with Gasteiger partial charge in [-0.15, -0.1) is 0 Å². The maximum absolute atomic E-state index is 12.4. The third-order valence-corrected chi connectivity index (χ3v) is 4.06. The van der Waals surface area contributed by atoms with Crippen molar-refractivity contribution < 1.29 is 14.0 Å². The molecule has 2 fully saturated rings. The van der Waals surface area contributed by atoms with Gasteiger partial charge in [-0.05, 0) is 33.1 Å². The lowest BCUT2D eigenvalue weighted by atomic mass is 9.86. The van der Waals surface area contributed by atoms with E-state index in [1.807, 2.05) is 13.8 Å². The van der Waals surface area contributed by atoms with Gasteiger partial charge in [0.1, 0.15) is 5.76 Å². The van der Waals surface area contributed by atoms with Gasteiger partial charge in [-0.3, -0.25) is 9.59 Å². The van der Waals surface area contributed by atoms with Crippen molar-refractivity contribution in [2.45, 2.75) is 57.0 Å². The summed E-state index contributed by atoms with van der Waals surface area (Å²) in [7, 11) is 0. The summed E-state index contributed by atoms with van der Waals surface area (Å²) in [5.74, 6) is 0.855. The molecule has 1 aliphatic carbocycles. The van der Waals surface area contributed by atoms with Gasteiger partial charge in [0.2, 0.25) is 5.91 Å². The van der Waals surface area contributed by atoms with E-state index in [0.29, 0.717) is 30.2 Å². The summed E-state index contributed by atoms with van der Waals surface area (Å²) >= 11 is 0. The van der Waals surface area contributed by atoms with E-state index in [4.69, 9.17) is 4.42 Å². The van der Waals surface area contributed by atoms with Gasteiger partial charge in [0.05, 0.1) is 11.6 Å². The van der Waals surface area contributed by atoms with Crippen LogP contribution in [-0.4, -0.2) is 28.4 Å². The van der Waals surface area contributed by atoms with Gasteiger partial charge in [0, 0.05) is 12.3 Å². The number of oxazole rings is 1. The Morgan fingerprint density at radius 2 is 2.20 bits per heavy atom. The Hall–Kier alpha value is -1.85. The average Bonchev–Trinajstić information content (AvgIpc) is 3.09. The Bertz CT molecular complexity index is 546. The van der Waals surface area contributed by atoms with Crippen LogP contribution >= 0.6 is 0 Å². The molecule has 6 heteroatoms. The number of carbonyl (C=O) groups is 2. The van der Waals surface area contributed by atoms with Gasteiger partial charge in [0.15, 0.2) is 12.1 Å². The van der Waals surface area contributed by atoms with Gasteiger partial charge in [-0.25, -0.2) is 4.98 Å². The minimum absolute atomic E-state index is 0.0283. The van der Waals surface area contributed by atoms with Crippen LogP contribution < -0.4 is 10.6 Å². The first kappa shape index (κ1) is 13.1. The molecule has 1 saturated carbocycles. The molecule has 1 saturated heterocycles. The molecule has 2 aliphatic rings. The highest BCUT2D eigenvalue weighted by Crippen LogP contribution is 2.41. The first-order valence-corrected chi connectivity index (χ1v) is 7.02. The highest BCUT2D eigenvalue weighted by Gasteiger charge is 2.38. The zero-order valence-electron chi connectivity index (χ0n) is 11.7. The van der Waals surface area contributed by atoms with Crippen LogP contribution in [0.15, 0.2) is 10.8 Å². The quantitative estimate of drug-likeness (QED) is 0.873. The van der Waals surface area contributed by atoms with Crippen molar-refractivity contribution in [3.05, 3.63) is 17.8 Å². The maximum atomic E-state index is 12.4. The zero-order chi connectivity index (χ0) is 14.3. The van der Waals surface area contributed by atoms with Crippen molar-refractivity contribution in [3.8, 4) is 0 Å². The molecule has 2 N–H and O–H groups in total. The summed E-state index contributed by atoms with van der Waals surface area (Å²) in [5.41, 5.74) is -0.0609. The number of rotatable bonds is 3. The number of amides is 2. The Labute approximate surface area is 117 Å². The fourth-order valence-corrected chi connectivity index (χ4v) is 2.69. The predicted octanol–water partition coefficient (Wildman–Crippen LogP) is 1.34. The van der Waals surface area contributed by atoms with Crippen molar-refractivity contribution in [2.24, 2.45) is 0 Å². The highest BCUT2D eigenvalue weighted by molar-refractivity contribution is 5.94. The van der Waals surface area contributed by atoms with Gasteiger partial charge in [-0.1, -0.05) is 0 Å². The maximum Gasteiger partial charge on any atom is 0.273 e. The number of nitrogens with one attached hydrogen (secondary N) is 2. The van der Waals surface area contributed by atoms with E-state index in [-0.39, 0.29) is 17.9 Å². The van der Waals surface area contributed by atoms with Gasteiger partial charge in [-0.2, -0.15) is 0 Å². The summed E-state index contributed by atoms with van der Waals surface area (Å²) in [6.45, 7) is 3.83. The molecule has 0 spiro atoms. The third kappa shape index (κ3) is 2.42. The number of hydrogen-bond acceptors (Lipinski definition) is 4. The van der Waals surface area contributed by atoms with Crippen LogP contribution in [-0.2, 0) is 4.79 Å². The Balaban J connectivity index is 1.72. The molecule has 1 atom stereocenters. The van der Waals surface area contributed by atoms with Gasteiger partial charge in [0.25, 0.3) is 5.91 Å². The van der Waals surface area contributed by atoms with E-state index < -0.39 is 5.54 Å². The molecule has 0 aromatic carbocycles. The van der Waals surface area contributed by atoms with Crippen LogP contribution in [0.2, 0.25) is 0 Å². The van der Waals surface area contributed by atoms with Gasteiger partial charge < -0.3 is 15.1 Å². The van der Waals surface area contributed by atoms with E-state index >= 15 is 0 Å². The van der Waals surface area contributed by atoms with Crippen molar-refractivity contribution >= 4 is 11.8 Å². The monoisotopic (exact) mass is 277 g/mol. The van der Waals surface area contributed by atoms with Crippen molar-refractivity contribution in [1.82, 2.24) is 15.6 Å². The SMILES string of the molecule is CC1(C)NC(=O)CCC1NC(=O)c1ncoc1C1CC1. The van der Waals surface area contributed by atoms with Gasteiger partial charge >= 0.3 is 0 Å². The molecule has 0 radical (unpaired) electrons. The van der Waals surface area contributed by atoms with Crippen LogP contribution in [0.5, 0.6) is 0 Å². The first-order chi connectivity index (χ1) is 9.47. The van der Waals surface area contributed by atoms with E-state index in [9.17, 15) is 9.59 Å². The molecule has 3 rings (SSSR count). The molecule has 20 heavy (non-hydrogen) atoms. The molecule has 108 valence electrons. The second-order valence-electron chi connectivity index (χ2n) is 6.17. The smallest absolute Gasteiger partial charge is 0.273 e. The minimum Gasteiger partial charge on any atom is -0.447 e. The fraction of sp³-hybridized carbons (Fsp3) is 0.643. The topological polar surface area (TPSA) is 84.2 Å². The first-order valence-electron chi connectivity index (χ1n) is 7.02. The van der Waals surface area contributed by atoms with E-state index in [2.05, 4.69) is 15.6 Å². The van der Waals surface area contributed by atoms with Crippen LogP contribution in [0.1, 0.15) is 61.7 Å². The predicted molar refractivity (Wildman–Crippen MR) is 71.2 cm³/mol. The number of piperidine rings is 1. The van der Waals surface area contributed by atoms with Crippen LogP contribution in [0.4, 0.5) is 0 Å². The molecule has 1 aromatic rings. The van der Waals surface area contributed by atoms with Crippen LogP contribution in [0.3, 0.4) is 0 Å². The molecule has 1 unspecified atom stereocenters. The van der Waals surface area contributed by atoms with Crippen LogP contribution in [0.25, 0.3) is 0 Å². The van der Waals surface area contributed by atoms with Crippen molar-refractivity contribution in [3.63, 3.8) is 0 Å². The zero-order valence-corrected chi connectivity index (χ0v) is 11.7. The summed E-state index contributed by atoms with van der Waals surface area (Å²) in [6.07, 6.45) is 4.52. The van der Waals surface area contributed by atoms with E-state index in [1.54, 1.807) is 0 Å². The van der Waals surface area contributed by atoms with E-state index in [1.165, 1.54) is 6.39 Å². The molecule has 1 aromatic heterocycles. The standard InChI is InChI=1S/C14H19N3O3/c1-14(2)9(5-6-10(18)17-14)16-13(19)11-12(8-3-4-8)20-7-15-11/h7-9H,3-6H2,1-2H3,(H,16,19)(H,17,18). The molecule has 1 aliphatic heterocycles. The number of aromatic nitrogens is 1. The Kier molecular flexibility index (Phi) is 3.03. The lowest BCUT2D eigenvalue weighted by Crippen LogP contribution is -2.62. The summed E-state index contributed by atoms with van der Waals surface area (Å²) in [4.78, 5) is 27.8. The molecule has 0 bridgehead atoms. The number of hydrogen-bond donors (Lipinski definition) is 2. The normalized spacial score (nSPS) is 25.1. The second kappa shape index (κ2) is 4.61. The van der Waals surface area contributed by atoms with Crippen LogP contribution in [0, 0.1) is 0 Å². The molecule has 2 amide bonds. The molecule has 6 nitrogen and oxygen atoms in total. The lowest BCUT2D eigenvalue weighted by Gasteiger charge is -2.39. The summed E-state index contributed by atoms with van der Waals surface area (Å²) in [5, 5.41) is 5.89. The largest absolute Gasteiger partial charge is 0.447 e. The summed E-state index contributed by atoms with van der Waals surface area (Å²) < 4.78 is 5.33. The minimum atomic E-state index is -0.450. The molecular weight excluding hydrogens is 258 g/mol. The van der Waals surface area contributed by atoms with Crippen molar-refractivity contribution in [2.75, 3.05) is 0 Å². The highest BCUT2D eigenvalue weighted by atomic mass is 16.3. The number of nitrogens with zero attached hydrogens (tertiary/aromatic N) is 1. The Morgan fingerprint density at radius 3 is 2.85 bits per heavy atom. The van der Waals surface area contributed by atoms with Crippen molar-refractivity contribution in [1.29, 1.82) is 0 Å². The van der Waals surface area contributed by atoms with E-state index in [0.717, 1.165) is 12.8 Å². The Morgan fingerprint density at radius 1 is 1.45 bits per heavy atom. The summed E-state index contributed by atoms with van der Waals surface area (Å²) in [6, 6.07) is -0.101. The third-order valence-electron chi connectivity index (χ3n) is 4.06. The average molecular weight is 277 g/mol. The fourth-order valence-electron chi connectivity index (χ4n) is 2.69. The molecular formula is C14H19N3O3. The second-order valence-corrected chi connectivity index (χ2v) is 6.17.